The summed E-state index contributed by atoms with van der Waals surface area (Å²) in [6, 6.07) is 15.3. The molecule has 0 aliphatic heterocycles. The minimum atomic E-state index is 0.276. The molecule has 1 unspecified atom stereocenters. The maximum absolute atomic E-state index is 6.18. The number of hydrogen-bond donors (Lipinski definition) is 0. The summed E-state index contributed by atoms with van der Waals surface area (Å²) in [7, 11) is 0. The Kier molecular flexibility index (Phi) is 12.1. The fraction of sp³-hybridized carbons (Fsp3) is 0.586. The average molecular weight is 440 g/mol. The minimum Gasteiger partial charge on any atom is -0.493 e. The largest absolute Gasteiger partial charge is 0.493 e. The first kappa shape index (κ1) is 26.1. The molecule has 0 fully saturated rings. The molecule has 178 valence electrons. The summed E-state index contributed by atoms with van der Waals surface area (Å²) in [5, 5.41) is 0. The second-order valence-corrected chi connectivity index (χ2v) is 9.09. The Hall–Kier alpha value is -2.16. The van der Waals surface area contributed by atoms with Crippen molar-refractivity contribution >= 4 is 5.69 Å². The highest BCUT2D eigenvalue weighted by molar-refractivity contribution is 5.54. The standard InChI is InChI=1S/C29H45NO2/c1-6-8-10-12-20-30(26(5)23-32-28-18-14-24(3)15-19-28)27-17-16-25(4)29(22-27)31-21-13-11-9-7-2/h14-19,22,26H,6-13,20-21,23H2,1-5H3. The Morgan fingerprint density at radius 1 is 0.781 bits per heavy atom. The Balaban J connectivity index is 2.06. The van der Waals surface area contributed by atoms with E-state index < -0.39 is 0 Å². The Labute approximate surface area is 197 Å². The first-order chi connectivity index (χ1) is 15.5. The van der Waals surface area contributed by atoms with Gasteiger partial charge in [0.15, 0.2) is 0 Å². The maximum Gasteiger partial charge on any atom is 0.124 e. The summed E-state index contributed by atoms with van der Waals surface area (Å²) in [6.07, 6.45) is 9.92. The second-order valence-electron chi connectivity index (χ2n) is 9.09. The van der Waals surface area contributed by atoms with Gasteiger partial charge in [0, 0.05) is 18.3 Å². The van der Waals surface area contributed by atoms with Crippen molar-refractivity contribution in [1.29, 1.82) is 0 Å². The molecule has 0 heterocycles. The van der Waals surface area contributed by atoms with Crippen molar-refractivity contribution in [3.63, 3.8) is 0 Å². The van der Waals surface area contributed by atoms with Crippen LogP contribution < -0.4 is 14.4 Å². The van der Waals surface area contributed by atoms with Crippen LogP contribution in [0.5, 0.6) is 11.5 Å². The number of anilines is 1. The highest BCUT2D eigenvalue weighted by Crippen LogP contribution is 2.28. The number of unbranched alkanes of at least 4 members (excludes halogenated alkanes) is 6. The molecular formula is C29H45NO2. The van der Waals surface area contributed by atoms with Gasteiger partial charge in [-0.15, -0.1) is 0 Å². The van der Waals surface area contributed by atoms with Crippen LogP contribution in [0, 0.1) is 13.8 Å². The summed E-state index contributed by atoms with van der Waals surface area (Å²) < 4.78 is 12.3. The van der Waals surface area contributed by atoms with Gasteiger partial charge >= 0.3 is 0 Å². The van der Waals surface area contributed by atoms with E-state index in [-0.39, 0.29) is 6.04 Å². The van der Waals surface area contributed by atoms with Crippen molar-refractivity contribution in [3.8, 4) is 11.5 Å². The number of aryl methyl sites for hydroxylation is 2. The molecule has 0 aliphatic rings. The average Bonchev–Trinajstić information content (AvgIpc) is 2.80. The maximum atomic E-state index is 6.18. The van der Waals surface area contributed by atoms with E-state index in [4.69, 9.17) is 9.47 Å². The van der Waals surface area contributed by atoms with Crippen LogP contribution in [-0.2, 0) is 0 Å². The van der Waals surface area contributed by atoms with Crippen LogP contribution >= 0.6 is 0 Å². The van der Waals surface area contributed by atoms with E-state index in [2.05, 4.69) is 82.0 Å². The van der Waals surface area contributed by atoms with Gasteiger partial charge in [0.2, 0.25) is 0 Å². The van der Waals surface area contributed by atoms with Crippen molar-refractivity contribution in [3.05, 3.63) is 53.6 Å². The Morgan fingerprint density at radius 2 is 1.47 bits per heavy atom. The minimum absolute atomic E-state index is 0.276. The number of rotatable bonds is 16. The third kappa shape index (κ3) is 9.14. The molecule has 0 saturated heterocycles. The van der Waals surface area contributed by atoms with Gasteiger partial charge in [0.25, 0.3) is 0 Å². The molecular weight excluding hydrogens is 394 g/mol. The van der Waals surface area contributed by atoms with Gasteiger partial charge in [0.1, 0.15) is 18.1 Å². The predicted octanol–water partition coefficient (Wildman–Crippen LogP) is 8.12. The van der Waals surface area contributed by atoms with Crippen LogP contribution in [0.4, 0.5) is 5.69 Å². The van der Waals surface area contributed by atoms with Crippen LogP contribution in [0.1, 0.15) is 83.3 Å². The van der Waals surface area contributed by atoms with Crippen LogP contribution in [-0.4, -0.2) is 25.8 Å². The normalized spacial score (nSPS) is 11.9. The summed E-state index contributed by atoms with van der Waals surface area (Å²) in [5.74, 6) is 1.96. The third-order valence-corrected chi connectivity index (χ3v) is 6.06. The molecule has 1 atom stereocenters. The molecule has 0 bridgehead atoms. The highest BCUT2D eigenvalue weighted by Gasteiger charge is 2.17. The number of benzene rings is 2. The van der Waals surface area contributed by atoms with E-state index in [9.17, 15) is 0 Å². The SMILES string of the molecule is CCCCCCOc1cc(N(CCCCCC)C(C)COc2ccc(C)cc2)ccc1C. The van der Waals surface area contributed by atoms with Crippen LogP contribution in [0.15, 0.2) is 42.5 Å². The number of ether oxygens (including phenoxy) is 2. The second kappa shape index (κ2) is 14.8. The van der Waals surface area contributed by atoms with Gasteiger partial charge in [-0.1, -0.05) is 76.1 Å². The zero-order chi connectivity index (χ0) is 23.2. The lowest BCUT2D eigenvalue weighted by molar-refractivity contribution is 0.287. The van der Waals surface area contributed by atoms with E-state index in [0.717, 1.165) is 31.1 Å². The summed E-state index contributed by atoms with van der Waals surface area (Å²) in [5.41, 5.74) is 3.69. The fourth-order valence-corrected chi connectivity index (χ4v) is 3.89. The lowest BCUT2D eigenvalue weighted by Gasteiger charge is -2.32. The van der Waals surface area contributed by atoms with E-state index >= 15 is 0 Å². The molecule has 2 rings (SSSR count). The summed E-state index contributed by atoms with van der Waals surface area (Å²) in [6.45, 7) is 13.5. The molecule has 0 spiro atoms. The molecule has 0 aromatic heterocycles. The van der Waals surface area contributed by atoms with Gasteiger partial charge in [-0.3, -0.25) is 0 Å². The van der Waals surface area contributed by atoms with Crippen molar-refractivity contribution in [2.75, 3.05) is 24.7 Å². The molecule has 0 radical (unpaired) electrons. The van der Waals surface area contributed by atoms with Crippen LogP contribution in [0.2, 0.25) is 0 Å². The first-order valence-electron chi connectivity index (χ1n) is 12.7. The molecule has 0 amide bonds. The van der Waals surface area contributed by atoms with Crippen molar-refractivity contribution in [2.45, 2.75) is 92.0 Å². The van der Waals surface area contributed by atoms with Crippen LogP contribution in [0.25, 0.3) is 0 Å². The van der Waals surface area contributed by atoms with Crippen molar-refractivity contribution in [1.82, 2.24) is 0 Å². The molecule has 0 aliphatic carbocycles. The lowest BCUT2D eigenvalue weighted by atomic mass is 10.1. The van der Waals surface area contributed by atoms with E-state index in [0.29, 0.717) is 6.61 Å². The molecule has 3 heteroatoms. The smallest absolute Gasteiger partial charge is 0.124 e. The van der Waals surface area contributed by atoms with Crippen molar-refractivity contribution < 1.29 is 9.47 Å². The molecule has 0 N–H and O–H groups in total. The van der Waals surface area contributed by atoms with Crippen molar-refractivity contribution in [2.24, 2.45) is 0 Å². The van der Waals surface area contributed by atoms with E-state index in [1.165, 1.54) is 61.8 Å². The Bertz CT molecular complexity index is 756. The molecule has 2 aromatic carbocycles. The van der Waals surface area contributed by atoms with Gasteiger partial charge in [-0.05, 0) is 57.4 Å². The fourth-order valence-electron chi connectivity index (χ4n) is 3.89. The van der Waals surface area contributed by atoms with E-state index in [1.54, 1.807) is 0 Å². The van der Waals surface area contributed by atoms with Gasteiger partial charge in [-0.25, -0.2) is 0 Å². The summed E-state index contributed by atoms with van der Waals surface area (Å²) >= 11 is 0. The van der Waals surface area contributed by atoms with Gasteiger partial charge in [-0.2, -0.15) is 0 Å². The zero-order valence-corrected chi connectivity index (χ0v) is 21.2. The predicted molar refractivity (Wildman–Crippen MR) is 138 cm³/mol. The lowest BCUT2D eigenvalue weighted by Crippen LogP contribution is -2.38. The third-order valence-electron chi connectivity index (χ3n) is 6.06. The van der Waals surface area contributed by atoms with Gasteiger partial charge < -0.3 is 14.4 Å². The summed E-state index contributed by atoms with van der Waals surface area (Å²) in [4.78, 5) is 2.49. The number of nitrogens with zero attached hydrogens (tertiary/aromatic N) is 1. The molecule has 0 saturated carbocycles. The molecule has 32 heavy (non-hydrogen) atoms. The quantitative estimate of drug-likeness (QED) is 0.246. The topological polar surface area (TPSA) is 21.7 Å². The monoisotopic (exact) mass is 439 g/mol. The van der Waals surface area contributed by atoms with E-state index in [1.807, 2.05) is 0 Å². The molecule has 3 nitrogen and oxygen atoms in total. The highest BCUT2D eigenvalue weighted by atomic mass is 16.5. The molecule has 2 aromatic rings. The van der Waals surface area contributed by atoms with Gasteiger partial charge in [0.05, 0.1) is 12.6 Å². The number of hydrogen-bond acceptors (Lipinski definition) is 3. The van der Waals surface area contributed by atoms with Crippen LogP contribution in [0.3, 0.4) is 0 Å². The Morgan fingerprint density at radius 3 is 2.16 bits per heavy atom. The first-order valence-corrected chi connectivity index (χ1v) is 12.7. The zero-order valence-electron chi connectivity index (χ0n) is 21.2.